The smallest absolute Gasteiger partial charge is 0.156 e. The molecule has 1 saturated heterocycles. The van der Waals surface area contributed by atoms with E-state index in [1.54, 1.807) is 0 Å². The molecule has 0 radical (unpaired) electrons. The van der Waals surface area contributed by atoms with Gasteiger partial charge in [0.1, 0.15) is 0 Å². The summed E-state index contributed by atoms with van der Waals surface area (Å²) < 4.78 is 5.63. The molecule has 1 N–H and O–H groups in total. The van der Waals surface area contributed by atoms with Crippen molar-refractivity contribution in [1.82, 2.24) is 5.32 Å². The van der Waals surface area contributed by atoms with Gasteiger partial charge in [-0.1, -0.05) is 32.5 Å². The molecule has 0 aromatic rings. The molecule has 110 valence electrons. The summed E-state index contributed by atoms with van der Waals surface area (Å²) in [6.07, 6.45) is 5.02. The van der Waals surface area contributed by atoms with Gasteiger partial charge in [-0.25, -0.2) is 0 Å². The largest absolute Gasteiger partial charge is 0.381 e. The molecule has 3 nitrogen and oxygen atoms in total. The first-order valence-corrected chi connectivity index (χ1v) is 8.56. The summed E-state index contributed by atoms with van der Waals surface area (Å²) >= 11 is 1.86. The van der Waals surface area contributed by atoms with E-state index in [1.165, 1.54) is 25.0 Å². The SMILES string of the molecule is CC(C)(C)C1CCSC(=NCCCOCC2CC2)N1. The Bertz CT molecular complexity index is 308. The van der Waals surface area contributed by atoms with Gasteiger partial charge in [0.2, 0.25) is 0 Å². The van der Waals surface area contributed by atoms with Gasteiger partial charge >= 0.3 is 0 Å². The lowest BCUT2D eigenvalue weighted by Crippen LogP contribution is -2.46. The van der Waals surface area contributed by atoms with Gasteiger partial charge < -0.3 is 10.1 Å². The van der Waals surface area contributed by atoms with E-state index in [4.69, 9.17) is 4.74 Å². The quantitative estimate of drug-likeness (QED) is 0.760. The minimum atomic E-state index is 0.315. The van der Waals surface area contributed by atoms with Crippen LogP contribution in [-0.4, -0.2) is 36.7 Å². The Labute approximate surface area is 122 Å². The Morgan fingerprint density at radius 3 is 2.79 bits per heavy atom. The van der Waals surface area contributed by atoms with Crippen molar-refractivity contribution in [3.8, 4) is 0 Å². The fourth-order valence-corrected chi connectivity index (χ4v) is 3.11. The Morgan fingerprint density at radius 1 is 1.32 bits per heavy atom. The van der Waals surface area contributed by atoms with E-state index in [-0.39, 0.29) is 0 Å². The molecule has 1 saturated carbocycles. The molecule has 0 spiro atoms. The van der Waals surface area contributed by atoms with Crippen molar-refractivity contribution in [3.05, 3.63) is 0 Å². The number of aliphatic imine (C=N–C) groups is 1. The zero-order valence-electron chi connectivity index (χ0n) is 12.6. The topological polar surface area (TPSA) is 33.6 Å². The van der Waals surface area contributed by atoms with Crippen molar-refractivity contribution in [2.24, 2.45) is 16.3 Å². The van der Waals surface area contributed by atoms with Gasteiger partial charge in [-0.2, -0.15) is 0 Å². The summed E-state index contributed by atoms with van der Waals surface area (Å²) in [5.41, 5.74) is 0.315. The molecular weight excluding hydrogens is 256 g/mol. The highest BCUT2D eigenvalue weighted by molar-refractivity contribution is 8.13. The van der Waals surface area contributed by atoms with Crippen molar-refractivity contribution in [2.75, 3.05) is 25.5 Å². The molecule has 4 heteroatoms. The van der Waals surface area contributed by atoms with Crippen LogP contribution in [0, 0.1) is 11.3 Å². The molecule has 2 fully saturated rings. The monoisotopic (exact) mass is 284 g/mol. The first-order chi connectivity index (χ1) is 9.05. The van der Waals surface area contributed by atoms with Crippen LogP contribution in [0.4, 0.5) is 0 Å². The Balaban J connectivity index is 1.61. The van der Waals surface area contributed by atoms with Gasteiger partial charge in [0, 0.05) is 31.6 Å². The predicted molar refractivity (Wildman–Crippen MR) is 83.9 cm³/mol. The van der Waals surface area contributed by atoms with Crippen molar-refractivity contribution in [3.63, 3.8) is 0 Å². The number of thioether (sulfide) groups is 1. The van der Waals surface area contributed by atoms with Crippen LogP contribution in [0.25, 0.3) is 0 Å². The molecule has 1 atom stereocenters. The van der Waals surface area contributed by atoms with Crippen LogP contribution >= 0.6 is 11.8 Å². The van der Waals surface area contributed by atoms with Crippen molar-refractivity contribution >= 4 is 16.9 Å². The second kappa shape index (κ2) is 6.98. The average molecular weight is 284 g/mol. The predicted octanol–water partition coefficient (Wildman–Crippen LogP) is 3.30. The summed E-state index contributed by atoms with van der Waals surface area (Å²) in [6, 6.07) is 0.554. The minimum Gasteiger partial charge on any atom is -0.381 e. The highest BCUT2D eigenvalue weighted by Gasteiger charge is 2.28. The maximum absolute atomic E-state index is 5.63. The maximum Gasteiger partial charge on any atom is 0.156 e. The van der Waals surface area contributed by atoms with Crippen molar-refractivity contribution in [1.29, 1.82) is 0 Å². The summed E-state index contributed by atoms with van der Waals surface area (Å²) in [5.74, 6) is 2.06. The lowest BCUT2D eigenvalue weighted by Gasteiger charge is -2.35. The second-order valence-electron chi connectivity index (χ2n) is 6.76. The van der Waals surface area contributed by atoms with E-state index in [2.05, 4.69) is 31.1 Å². The van der Waals surface area contributed by atoms with Crippen molar-refractivity contribution < 1.29 is 4.74 Å². The molecule has 0 bridgehead atoms. The molecule has 2 aliphatic rings. The van der Waals surface area contributed by atoms with Crippen LogP contribution in [-0.2, 0) is 4.74 Å². The van der Waals surface area contributed by atoms with Gasteiger partial charge in [0.05, 0.1) is 0 Å². The molecule has 1 heterocycles. The fourth-order valence-electron chi connectivity index (χ4n) is 2.16. The number of nitrogens with zero attached hydrogens (tertiary/aromatic N) is 1. The maximum atomic E-state index is 5.63. The average Bonchev–Trinajstić information content (AvgIpc) is 3.17. The summed E-state index contributed by atoms with van der Waals surface area (Å²) in [6.45, 7) is 9.60. The number of rotatable bonds is 6. The molecule has 2 rings (SSSR count). The standard InChI is InChI=1S/C15H28N2OS/c1-15(2,3)13-7-10-19-14(17-13)16-8-4-9-18-11-12-5-6-12/h12-13H,4-11H2,1-3H3,(H,16,17). The molecule has 1 unspecified atom stereocenters. The normalized spacial score (nSPS) is 26.5. The molecule has 1 aliphatic heterocycles. The second-order valence-corrected chi connectivity index (χ2v) is 7.84. The van der Waals surface area contributed by atoms with Crippen molar-refractivity contribution in [2.45, 2.75) is 52.5 Å². The molecule has 1 aliphatic carbocycles. The van der Waals surface area contributed by atoms with Gasteiger partial charge in [0.15, 0.2) is 5.17 Å². The van der Waals surface area contributed by atoms with E-state index in [1.807, 2.05) is 11.8 Å². The van der Waals surface area contributed by atoms with Crippen LogP contribution in [0.1, 0.15) is 46.5 Å². The summed E-state index contributed by atoms with van der Waals surface area (Å²) in [4.78, 5) is 4.67. The first kappa shape index (κ1) is 15.2. The molecule has 0 amide bonds. The van der Waals surface area contributed by atoms with Crippen LogP contribution in [0.5, 0.6) is 0 Å². The zero-order valence-corrected chi connectivity index (χ0v) is 13.4. The summed E-state index contributed by atoms with van der Waals surface area (Å²) in [7, 11) is 0. The minimum absolute atomic E-state index is 0.315. The Hall–Kier alpha value is -0.220. The van der Waals surface area contributed by atoms with E-state index in [0.29, 0.717) is 11.5 Å². The van der Waals surface area contributed by atoms with E-state index < -0.39 is 0 Å². The van der Waals surface area contributed by atoms with E-state index in [9.17, 15) is 0 Å². The number of nitrogens with one attached hydrogen (secondary N) is 1. The number of ether oxygens (including phenoxy) is 1. The number of hydrogen-bond acceptors (Lipinski definition) is 3. The van der Waals surface area contributed by atoms with Gasteiger partial charge in [-0.05, 0) is 37.0 Å². The molecule has 0 aromatic heterocycles. The van der Waals surface area contributed by atoms with Crippen LogP contribution in [0.3, 0.4) is 0 Å². The van der Waals surface area contributed by atoms with E-state index >= 15 is 0 Å². The third-order valence-corrected chi connectivity index (χ3v) is 4.70. The summed E-state index contributed by atoms with van der Waals surface area (Å²) in [5, 5.41) is 4.72. The van der Waals surface area contributed by atoms with Gasteiger partial charge in [0.25, 0.3) is 0 Å². The third-order valence-electron chi connectivity index (χ3n) is 3.74. The number of hydrogen-bond donors (Lipinski definition) is 1. The highest BCUT2D eigenvalue weighted by atomic mass is 32.2. The van der Waals surface area contributed by atoms with Crippen LogP contribution < -0.4 is 5.32 Å². The van der Waals surface area contributed by atoms with Crippen LogP contribution in [0.2, 0.25) is 0 Å². The van der Waals surface area contributed by atoms with Gasteiger partial charge in [-0.3, -0.25) is 4.99 Å². The molecule has 19 heavy (non-hydrogen) atoms. The highest BCUT2D eigenvalue weighted by Crippen LogP contribution is 2.29. The molecule has 0 aromatic carbocycles. The lowest BCUT2D eigenvalue weighted by atomic mass is 9.85. The zero-order chi connectivity index (χ0) is 13.7. The number of amidine groups is 1. The Morgan fingerprint density at radius 2 is 2.11 bits per heavy atom. The molecular formula is C15H28N2OS. The third kappa shape index (κ3) is 5.74. The fraction of sp³-hybridized carbons (Fsp3) is 0.933. The van der Waals surface area contributed by atoms with Crippen LogP contribution in [0.15, 0.2) is 4.99 Å². The van der Waals surface area contributed by atoms with Gasteiger partial charge in [-0.15, -0.1) is 0 Å². The van der Waals surface area contributed by atoms with E-state index in [0.717, 1.165) is 37.3 Å². The Kier molecular flexibility index (Phi) is 5.58. The lowest BCUT2D eigenvalue weighted by molar-refractivity contribution is 0.123. The first-order valence-electron chi connectivity index (χ1n) is 7.57.